The average Bonchev–Trinajstić information content (AvgIpc) is 2.87. The Labute approximate surface area is 210 Å². The summed E-state index contributed by atoms with van der Waals surface area (Å²) in [4.78, 5) is 0. The van der Waals surface area contributed by atoms with Crippen LogP contribution in [-0.2, 0) is 6.42 Å². The van der Waals surface area contributed by atoms with Gasteiger partial charge < -0.3 is 4.74 Å². The minimum absolute atomic E-state index is 0.330. The molecule has 4 aromatic carbocycles. The summed E-state index contributed by atoms with van der Waals surface area (Å²) in [5, 5.41) is 0. The number of ether oxygens (including phenoxy) is 1. The molecular weight excluding hydrogens is 490 g/mol. The second-order valence-corrected chi connectivity index (χ2v) is 8.46. The lowest BCUT2D eigenvalue weighted by Crippen LogP contribution is -2.21. The first-order valence-corrected chi connectivity index (χ1v) is 11.5. The Morgan fingerprint density at radius 2 is 1.30 bits per heavy atom. The standard InChI is InChI=1S/C30H22F6O/c1-2-3-19-4-8-21(9-5-19)23-12-13-25(26(31)16-23)22-10-6-20(7-11-22)14-15-30(35,36)37-24-17-27(32)29(34)28(33)18-24/h4-18H,2-3H2,1H3. The van der Waals surface area contributed by atoms with Crippen molar-refractivity contribution in [1.82, 2.24) is 0 Å². The lowest BCUT2D eigenvalue weighted by Gasteiger charge is -2.14. The SMILES string of the molecule is CCCc1ccc(-c2ccc(-c3ccc(C=CC(F)(F)Oc4cc(F)c(F)c(F)c4)cc3)c(F)c2)cc1. The van der Waals surface area contributed by atoms with Gasteiger partial charge in [-0.15, -0.1) is 0 Å². The fourth-order valence-electron chi connectivity index (χ4n) is 3.83. The molecule has 0 aliphatic rings. The van der Waals surface area contributed by atoms with Crippen molar-refractivity contribution in [2.45, 2.75) is 25.9 Å². The molecule has 0 spiro atoms. The molecule has 4 aromatic rings. The summed E-state index contributed by atoms with van der Waals surface area (Å²) in [6, 6.07) is 19.8. The molecule has 4 rings (SSSR count). The van der Waals surface area contributed by atoms with Crippen molar-refractivity contribution >= 4 is 6.08 Å². The van der Waals surface area contributed by atoms with E-state index >= 15 is 0 Å². The van der Waals surface area contributed by atoms with Gasteiger partial charge in [-0.1, -0.05) is 74.0 Å². The van der Waals surface area contributed by atoms with Crippen molar-refractivity contribution < 1.29 is 31.1 Å². The maximum Gasteiger partial charge on any atom is 0.419 e. The zero-order valence-electron chi connectivity index (χ0n) is 19.8. The summed E-state index contributed by atoms with van der Waals surface area (Å²) < 4.78 is 86.9. The molecule has 37 heavy (non-hydrogen) atoms. The molecule has 7 heteroatoms. The Hall–Kier alpha value is -4.00. The van der Waals surface area contributed by atoms with Crippen LogP contribution in [0.3, 0.4) is 0 Å². The zero-order valence-corrected chi connectivity index (χ0v) is 19.8. The van der Waals surface area contributed by atoms with E-state index in [4.69, 9.17) is 0 Å². The average molecular weight is 512 g/mol. The van der Waals surface area contributed by atoms with Crippen LogP contribution in [-0.4, -0.2) is 6.11 Å². The Balaban J connectivity index is 1.46. The highest BCUT2D eigenvalue weighted by molar-refractivity contribution is 5.72. The van der Waals surface area contributed by atoms with Crippen molar-refractivity contribution in [3.05, 3.63) is 119 Å². The first-order chi connectivity index (χ1) is 17.6. The third-order valence-electron chi connectivity index (χ3n) is 5.70. The summed E-state index contributed by atoms with van der Waals surface area (Å²) in [7, 11) is 0. The summed E-state index contributed by atoms with van der Waals surface area (Å²) in [6.45, 7) is 2.11. The summed E-state index contributed by atoms with van der Waals surface area (Å²) in [5.74, 6) is -6.35. The fraction of sp³-hybridized carbons (Fsp3) is 0.133. The lowest BCUT2D eigenvalue weighted by atomic mass is 9.98. The van der Waals surface area contributed by atoms with E-state index in [1.54, 1.807) is 18.2 Å². The maximum atomic E-state index is 14.9. The van der Waals surface area contributed by atoms with Gasteiger partial charge in [0.25, 0.3) is 0 Å². The van der Waals surface area contributed by atoms with Gasteiger partial charge in [-0.2, -0.15) is 8.78 Å². The van der Waals surface area contributed by atoms with Crippen molar-refractivity contribution in [2.75, 3.05) is 0 Å². The minimum Gasteiger partial charge on any atom is -0.429 e. The molecule has 0 unspecified atom stereocenters. The lowest BCUT2D eigenvalue weighted by molar-refractivity contribution is -0.131. The van der Waals surface area contributed by atoms with E-state index in [0.29, 0.717) is 34.9 Å². The second kappa shape index (κ2) is 10.9. The van der Waals surface area contributed by atoms with E-state index in [1.807, 2.05) is 30.3 Å². The van der Waals surface area contributed by atoms with Gasteiger partial charge in [-0.05, 0) is 46.4 Å². The normalized spacial score (nSPS) is 11.8. The molecule has 0 saturated carbocycles. The van der Waals surface area contributed by atoms with Crippen LogP contribution >= 0.6 is 0 Å². The highest BCUT2D eigenvalue weighted by Crippen LogP contribution is 2.30. The highest BCUT2D eigenvalue weighted by atomic mass is 19.3. The molecule has 0 aliphatic heterocycles. The number of benzene rings is 4. The van der Waals surface area contributed by atoms with Crippen LogP contribution in [0.1, 0.15) is 24.5 Å². The molecule has 0 heterocycles. The van der Waals surface area contributed by atoms with Gasteiger partial charge in [0, 0.05) is 23.8 Å². The fourth-order valence-corrected chi connectivity index (χ4v) is 3.83. The van der Waals surface area contributed by atoms with Crippen LogP contribution in [0.2, 0.25) is 0 Å². The number of halogens is 6. The topological polar surface area (TPSA) is 9.23 Å². The number of hydrogen-bond acceptors (Lipinski definition) is 1. The van der Waals surface area contributed by atoms with Gasteiger partial charge in [-0.25, -0.2) is 17.6 Å². The molecule has 0 bridgehead atoms. The van der Waals surface area contributed by atoms with E-state index in [-0.39, 0.29) is 0 Å². The highest BCUT2D eigenvalue weighted by Gasteiger charge is 2.28. The molecular formula is C30H22F6O. The number of aryl methyl sites for hydroxylation is 1. The number of rotatable bonds is 8. The quantitative estimate of drug-likeness (QED) is 0.169. The maximum absolute atomic E-state index is 14.9. The van der Waals surface area contributed by atoms with Crippen LogP contribution in [0.15, 0.2) is 84.9 Å². The van der Waals surface area contributed by atoms with Crippen LogP contribution in [0, 0.1) is 23.3 Å². The van der Waals surface area contributed by atoms with Crippen molar-refractivity contribution in [3.8, 4) is 28.0 Å². The molecule has 190 valence electrons. The Kier molecular flexibility index (Phi) is 7.71. The van der Waals surface area contributed by atoms with Crippen LogP contribution in [0.4, 0.5) is 26.3 Å². The first-order valence-electron chi connectivity index (χ1n) is 11.5. The molecule has 0 atom stereocenters. The van der Waals surface area contributed by atoms with Gasteiger partial charge in [0.1, 0.15) is 11.6 Å². The summed E-state index contributed by atoms with van der Waals surface area (Å²) in [6.07, 6.45) is -0.459. The third-order valence-corrected chi connectivity index (χ3v) is 5.70. The van der Waals surface area contributed by atoms with Crippen LogP contribution in [0.25, 0.3) is 28.3 Å². The van der Waals surface area contributed by atoms with E-state index in [9.17, 15) is 26.3 Å². The van der Waals surface area contributed by atoms with Gasteiger partial charge in [-0.3, -0.25) is 0 Å². The molecule has 0 radical (unpaired) electrons. The minimum atomic E-state index is -3.92. The second-order valence-electron chi connectivity index (χ2n) is 8.46. The molecule has 1 nitrogen and oxygen atoms in total. The molecule has 0 saturated heterocycles. The van der Waals surface area contributed by atoms with E-state index < -0.39 is 35.1 Å². The summed E-state index contributed by atoms with van der Waals surface area (Å²) in [5.41, 5.74) is 4.13. The van der Waals surface area contributed by atoms with Crippen molar-refractivity contribution in [2.24, 2.45) is 0 Å². The molecule has 0 aromatic heterocycles. The molecule has 0 N–H and O–H groups in total. The largest absolute Gasteiger partial charge is 0.429 e. The third kappa shape index (κ3) is 6.42. The molecule has 0 fully saturated rings. The van der Waals surface area contributed by atoms with Gasteiger partial charge >= 0.3 is 6.11 Å². The Morgan fingerprint density at radius 3 is 1.89 bits per heavy atom. The molecule has 0 aliphatic carbocycles. The zero-order chi connectivity index (χ0) is 26.6. The predicted octanol–water partition coefficient (Wildman–Crippen LogP) is 9.21. The van der Waals surface area contributed by atoms with E-state index in [1.165, 1.54) is 23.8 Å². The van der Waals surface area contributed by atoms with E-state index in [2.05, 4.69) is 11.7 Å². The molecule has 0 amide bonds. The van der Waals surface area contributed by atoms with Gasteiger partial charge in [0.2, 0.25) is 0 Å². The number of hydrogen-bond donors (Lipinski definition) is 0. The number of alkyl halides is 2. The Bertz CT molecular complexity index is 1390. The summed E-state index contributed by atoms with van der Waals surface area (Å²) >= 11 is 0. The smallest absolute Gasteiger partial charge is 0.419 e. The predicted molar refractivity (Wildman–Crippen MR) is 132 cm³/mol. The van der Waals surface area contributed by atoms with Crippen LogP contribution < -0.4 is 4.74 Å². The van der Waals surface area contributed by atoms with Crippen molar-refractivity contribution in [3.63, 3.8) is 0 Å². The van der Waals surface area contributed by atoms with Crippen molar-refractivity contribution in [1.29, 1.82) is 0 Å². The van der Waals surface area contributed by atoms with Crippen LogP contribution in [0.5, 0.6) is 5.75 Å². The van der Waals surface area contributed by atoms with Gasteiger partial charge in [0.05, 0.1) is 0 Å². The monoisotopic (exact) mass is 512 g/mol. The first kappa shape index (κ1) is 26.1. The van der Waals surface area contributed by atoms with Gasteiger partial charge in [0.15, 0.2) is 17.5 Å². The van der Waals surface area contributed by atoms with E-state index in [0.717, 1.165) is 30.0 Å². The Morgan fingerprint density at radius 1 is 0.703 bits per heavy atom.